The molecule has 0 radical (unpaired) electrons. The fraction of sp³-hybridized carbons (Fsp3) is 0.348. The molecule has 1 fully saturated rings. The highest BCUT2D eigenvalue weighted by molar-refractivity contribution is 7.80. The van der Waals surface area contributed by atoms with Crippen LogP contribution >= 0.6 is 12.2 Å². The lowest BCUT2D eigenvalue weighted by atomic mass is 9.96. The fourth-order valence-corrected chi connectivity index (χ4v) is 4.64. The molecule has 5 nitrogen and oxygen atoms in total. The number of pyridine rings is 2. The van der Waals surface area contributed by atoms with Crippen LogP contribution < -0.4 is 5.32 Å². The third-order valence-corrected chi connectivity index (χ3v) is 5.93. The predicted octanol–water partition coefficient (Wildman–Crippen LogP) is 4.58. The third kappa shape index (κ3) is 3.53. The first-order valence-corrected chi connectivity index (χ1v) is 10.5. The van der Waals surface area contributed by atoms with Gasteiger partial charge >= 0.3 is 0 Å². The molecule has 0 aromatic carbocycles. The number of hydrogen-bond donors (Lipinski definition) is 1. The van der Waals surface area contributed by atoms with Gasteiger partial charge in [-0.2, -0.15) is 0 Å². The van der Waals surface area contributed by atoms with Gasteiger partial charge in [-0.05, 0) is 80.9 Å². The van der Waals surface area contributed by atoms with E-state index in [-0.39, 0.29) is 12.1 Å². The first-order chi connectivity index (χ1) is 14.0. The van der Waals surface area contributed by atoms with Gasteiger partial charge in [0.25, 0.3) is 0 Å². The van der Waals surface area contributed by atoms with Crippen LogP contribution in [0.15, 0.2) is 48.8 Å². The van der Waals surface area contributed by atoms with E-state index in [4.69, 9.17) is 12.2 Å². The smallest absolute Gasteiger partial charge is 0.170 e. The third-order valence-electron chi connectivity index (χ3n) is 5.58. The van der Waals surface area contributed by atoms with Gasteiger partial charge in [0.2, 0.25) is 0 Å². The molecule has 29 heavy (non-hydrogen) atoms. The first kappa shape index (κ1) is 19.6. The van der Waals surface area contributed by atoms with E-state index in [1.165, 1.54) is 22.5 Å². The second-order valence-corrected chi connectivity index (χ2v) is 8.06. The minimum absolute atomic E-state index is 0.0228. The Bertz CT molecular complexity index is 1030. The van der Waals surface area contributed by atoms with Crippen molar-refractivity contribution < 1.29 is 0 Å². The van der Waals surface area contributed by atoms with Gasteiger partial charge in [-0.1, -0.05) is 13.0 Å². The summed E-state index contributed by atoms with van der Waals surface area (Å²) in [5, 5.41) is 4.33. The second-order valence-electron chi connectivity index (χ2n) is 7.67. The summed E-state index contributed by atoms with van der Waals surface area (Å²) in [5.41, 5.74) is 5.84. The topological polar surface area (TPSA) is 46.0 Å². The molecule has 0 bridgehead atoms. The number of rotatable bonds is 5. The summed E-state index contributed by atoms with van der Waals surface area (Å²) < 4.78 is 2.24. The summed E-state index contributed by atoms with van der Waals surface area (Å²) in [6, 6.07) is 12.6. The molecular weight excluding hydrogens is 378 g/mol. The molecule has 1 aliphatic rings. The number of aryl methyl sites for hydroxylation is 2. The SMILES string of the molecule is CCCN1C(=S)N[C@@H](c2ccccn2)[C@H]1c1cc(C)n(-c2cc(C)ccn2)c1C. The van der Waals surface area contributed by atoms with Gasteiger partial charge < -0.3 is 14.8 Å². The van der Waals surface area contributed by atoms with E-state index in [0.717, 1.165) is 29.6 Å². The zero-order valence-electron chi connectivity index (χ0n) is 17.4. The van der Waals surface area contributed by atoms with Crippen molar-refractivity contribution in [1.29, 1.82) is 0 Å². The Hall–Kier alpha value is -2.73. The maximum atomic E-state index is 5.72. The van der Waals surface area contributed by atoms with Gasteiger partial charge in [-0.3, -0.25) is 4.98 Å². The van der Waals surface area contributed by atoms with E-state index >= 15 is 0 Å². The Kier molecular flexibility index (Phi) is 5.37. The molecule has 4 rings (SSSR count). The van der Waals surface area contributed by atoms with Gasteiger partial charge in [0.1, 0.15) is 5.82 Å². The van der Waals surface area contributed by atoms with E-state index in [1.807, 2.05) is 30.6 Å². The number of nitrogens with one attached hydrogen (secondary N) is 1. The van der Waals surface area contributed by atoms with Crippen molar-refractivity contribution in [2.75, 3.05) is 6.54 Å². The maximum absolute atomic E-state index is 5.72. The summed E-state index contributed by atoms with van der Waals surface area (Å²) in [6.07, 6.45) is 4.75. The monoisotopic (exact) mass is 405 g/mol. The zero-order valence-corrected chi connectivity index (χ0v) is 18.2. The van der Waals surface area contributed by atoms with Crippen molar-refractivity contribution in [3.63, 3.8) is 0 Å². The standard InChI is InChI=1S/C23H27N5S/c1-5-12-27-22(21(26-23(27)29)19-8-6-7-10-24-19)18-14-16(3)28(17(18)4)20-13-15(2)9-11-25-20/h6-11,13-14,21-22H,5,12H2,1-4H3,(H,26,29)/t21-,22+/m0/s1. The Labute approximate surface area is 177 Å². The van der Waals surface area contributed by atoms with Crippen LogP contribution in [0.5, 0.6) is 0 Å². The summed E-state index contributed by atoms with van der Waals surface area (Å²) in [7, 11) is 0. The molecule has 0 amide bonds. The molecule has 0 spiro atoms. The molecule has 2 atom stereocenters. The number of nitrogens with zero attached hydrogens (tertiary/aromatic N) is 4. The van der Waals surface area contributed by atoms with Crippen LogP contribution in [0.1, 0.15) is 53.6 Å². The van der Waals surface area contributed by atoms with Gasteiger partial charge in [-0.15, -0.1) is 0 Å². The van der Waals surface area contributed by atoms with Crippen molar-refractivity contribution in [3.8, 4) is 5.82 Å². The quantitative estimate of drug-likeness (QED) is 0.630. The summed E-state index contributed by atoms with van der Waals surface area (Å²) in [5.74, 6) is 0.955. The van der Waals surface area contributed by atoms with E-state index in [9.17, 15) is 0 Å². The average Bonchev–Trinajstić information content (AvgIpc) is 3.18. The molecule has 150 valence electrons. The highest BCUT2D eigenvalue weighted by Crippen LogP contribution is 2.41. The zero-order chi connectivity index (χ0) is 20.5. The van der Waals surface area contributed by atoms with E-state index in [1.54, 1.807) is 0 Å². The Morgan fingerprint density at radius 1 is 1.07 bits per heavy atom. The lowest BCUT2D eigenvalue weighted by Gasteiger charge is -2.27. The Morgan fingerprint density at radius 2 is 1.90 bits per heavy atom. The van der Waals surface area contributed by atoms with Crippen molar-refractivity contribution in [2.24, 2.45) is 0 Å². The molecule has 6 heteroatoms. The molecular formula is C23H27N5S. The lowest BCUT2D eigenvalue weighted by molar-refractivity contribution is 0.316. The minimum atomic E-state index is 0.0228. The van der Waals surface area contributed by atoms with Crippen LogP contribution in [0.3, 0.4) is 0 Å². The van der Waals surface area contributed by atoms with Crippen LogP contribution in [-0.4, -0.2) is 31.1 Å². The number of thiocarbonyl (C=S) groups is 1. The van der Waals surface area contributed by atoms with Crippen molar-refractivity contribution in [3.05, 3.63) is 77.0 Å². The van der Waals surface area contributed by atoms with Crippen LogP contribution in [0, 0.1) is 20.8 Å². The summed E-state index contributed by atoms with van der Waals surface area (Å²) in [6.45, 7) is 9.51. The number of hydrogen-bond acceptors (Lipinski definition) is 3. The van der Waals surface area contributed by atoms with Crippen molar-refractivity contribution in [2.45, 2.75) is 46.2 Å². The fourth-order valence-electron chi connectivity index (χ4n) is 4.31. The van der Waals surface area contributed by atoms with Gasteiger partial charge in [0, 0.05) is 30.3 Å². The summed E-state index contributed by atoms with van der Waals surface area (Å²) >= 11 is 5.72. The van der Waals surface area contributed by atoms with Crippen molar-refractivity contribution >= 4 is 17.3 Å². The van der Waals surface area contributed by atoms with Gasteiger partial charge in [-0.25, -0.2) is 4.98 Å². The molecule has 3 aromatic rings. The second kappa shape index (κ2) is 7.95. The lowest BCUT2D eigenvalue weighted by Crippen LogP contribution is -2.30. The molecule has 0 unspecified atom stereocenters. The highest BCUT2D eigenvalue weighted by Gasteiger charge is 2.40. The molecule has 1 N–H and O–H groups in total. The average molecular weight is 406 g/mol. The minimum Gasteiger partial charge on any atom is -0.352 e. The van der Waals surface area contributed by atoms with Crippen LogP contribution in [0.2, 0.25) is 0 Å². The van der Waals surface area contributed by atoms with E-state index < -0.39 is 0 Å². The van der Waals surface area contributed by atoms with Gasteiger partial charge in [0.05, 0.1) is 17.8 Å². The Morgan fingerprint density at radius 3 is 2.59 bits per heavy atom. The molecule has 4 heterocycles. The molecule has 1 aliphatic heterocycles. The van der Waals surface area contributed by atoms with Gasteiger partial charge in [0.15, 0.2) is 5.11 Å². The number of aromatic nitrogens is 3. The van der Waals surface area contributed by atoms with Crippen LogP contribution in [0.25, 0.3) is 5.82 Å². The first-order valence-electron chi connectivity index (χ1n) is 10.1. The summed E-state index contributed by atoms with van der Waals surface area (Å²) in [4.78, 5) is 11.6. The Balaban J connectivity index is 1.84. The normalized spacial score (nSPS) is 18.9. The van der Waals surface area contributed by atoms with Crippen molar-refractivity contribution in [1.82, 2.24) is 24.8 Å². The highest BCUT2D eigenvalue weighted by atomic mass is 32.1. The molecule has 3 aromatic heterocycles. The van der Waals surface area contributed by atoms with E-state index in [0.29, 0.717) is 0 Å². The maximum Gasteiger partial charge on any atom is 0.170 e. The largest absolute Gasteiger partial charge is 0.352 e. The van der Waals surface area contributed by atoms with E-state index in [2.05, 4.69) is 70.6 Å². The van der Waals surface area contributed by atoms with Crippen LogP contribution in [-0.2, 0) is 0 Å². The molecule has 0 saturated carbocycles. The molecule has 1 saturated heterocycles. The van der Waals surface area contributed by atoms with Crippen LogP contribution in [0.4, 0.5) is 0 Å². The molecule has 0 aliphatic carbocycles. The predicted molar refractivity (Wildman–Crippen MR) is 120 cm³/mol.